The second-order valence-corrected chi connectivity index (χ2v) is 7.22. The highest BCUT2D eigenvalue weighted by Gasteiger charge is 2.55. The van der Waals surface area contributed by atoms with Crippen LogP contribution in [0.1, 0.15) is 12.5 Å². The van der Waals surface area contributed by atoms with E-state index in [1.807, 2.05) is 19.1 Å². The van der Waals surface area contributed by atoms with E-state index in [2.05, 4.69) is 15.7 Å². The highest BCUT2D eigenvalue weighted by Crippen LogP contribution is 2.32. The number of amides is 3. The molecule has 2 aromatic rings. The first-order valence-corrected chi connectivity index (χ1v) is 9.55. The summed E-state index contributed by atoms with van der Waals surface area (Å²) in [6, 6.07) is 12.0. The number of nitrogens with zero attached hydrogens (tertiary/aromatic N) is 4. The summed E-state index contributed by atoms with van der Waals surface area (Å²) in [5, 5.41) is 12.3. The number of carbonyl (C=O) groups excluding carboxylic acids is 3. The molecule has 0 spiro atoms. The maximum atomic E-state index is 12.9. The zero-order chi connectivity index (χ0) is 20.5. The van der Waals surface area contributed by atoms with Crippen molar-refractivity contribution in [3.8, 4) is 0 Å². The first-order chi connectivity index (χ1) is 14.0. The van der Waals surface area contributed by atoms with Gasteiger partial charge in [-0.25, -0.2) is 4.90 Å². The van der Waals surface area contributed by atoms with Crippen LogP contribution in [0.4, 0.5) is 11.4 Å². The minimum absolute atomic E-state index is 0.199. The Balaban J connectivity index is 1.47. The van der Waals surface area contributed by atoms with Crippen molar-refractivity contribution in [1.82, 2.24) is 5.01 Å². The molecule has 1 fully saturated rings. The Morgan fingerprint density at radius 1 is 1.07 bits per heavy atom. The van der Waals surface area contributed by atoms with Crippen molar-refractivity contribution in [2.45, 2.75) is 25.4 Å². The number of benzene rings is 2. The molecule has 0 bridgehead atoms. The van der Waals surface area contributed by atoms with E-state index < -0.39 is 23.9 Å². The lowest BCUT2D eigenvalue weighted by atomic mass is 10.1. The van der Waals surface area contributed by atoms with Crippen LogP contribution in [0.25, 0.3) is 0 Å². The summed E-state index contributed by atoms with van der Waals surface area (Å²) in [4.78, 5) is 39.1. The smallest absolute Gasteiger partial charge is 0.263 e. The van der Waals surface area contributed by atoms with Gasteiger partial charge in [-0.1, -0.05) is 35.9 Å². The molecule has 2 aliphatic heterocycles. The first kappa shape index (κ1) is 19.1. The molecule has 0 aromatic heterocycles. The van der Waals surface area contributed by atoms with Crippen LogP contribution in [0.2, 0.25) is 5.02 Å². The molecule has 1 saturated heterocycles. The molecule has 1 N–H and O–H groups in total. The monoisotopic (exact) mass is 411 g/mol. The van der Waals surface area contributed by atoms with Crippen LogP contribution in [-0.2, 0) is 20.8 Å². The average Bonchev–Trinajstić information content (AvgIpc) is 3.23. The maximum Gasteiger partial charge on any atom is 0.263 e. The third kappa shape index (κ3) is 3.58. The summed E-state index contributed by atoms with van der Waals surface area (Å²) < 4.78 is 0. The first-order valence-electron chi connectivity index (χ1n) is 9.17. The number of anilines is 2. The number of hydrogen-bond donors (Lipinski definition) is 1. The molecule has 3 amide bonds. The summed E-state index contributed by atoms with van der Waals surface area (Å²) in [6.45, 7) is 1.83. The van der Waals surface area contributed by atoms with Crippen molar-refractivity contribution in [1.29, 1.82) is 0 Å². The summed E-state index contributed by atoms with van der Waals surface area (Å²) in [7, 11) is 0. The summed E-state index contributed by atoms with van der Waals surface area (Å²) in [5.41, 5.74) is 2.17. The molecule has 29 heavy (non-hydrogen) atoms. The zero-order valence-corrected chi connectivity index (χ0v) is 16.3. The predicted molar refractivity (Wildman–Crippen MR) is 108 cm³/mol. The van der Waals surface area contributed by atoms with Crippen molar-refractivity contribution in [3.05, 3.63) is 59.1 Å². The molecular weight excluding hydrogens is 394 g/mol. The van der Waals surface area contributed by atoms with Crippen LogP contribution in [0.15, 0.2) is 58.9 Å². The number of nitrogens with one attached hydrogen (secondary N) is 1. The second kappa shape index (κ2) is 7.63. The molecule has 148 valence electrons. The van der Waals surface area contributed by atoms with Crippen molar-refractivity contribution in [2.75, 3.05) is 16.8 Å². The predicted octanol–water partition coefficient (Wildman–Crippen LogP) is 2.83. The second-order valence-electron chi connectivity index (χ2n) is 6.78. The molecule has 2 unspecified atom stereocenters. The van der Waals surface area contributed by atoms with Gasteiger partial charge in [0.05, 0.1) is 5.69 Å². The summed E-state index contributed by atoms with van der Waals surface area (Å²) in [5.74, 6) is -1.25. The van der Waals surface area contributed by atoms with Crippen LogP contribution < -0.4 is 10.2 Å². The molecule has 2 atom stereocenters. The van der Waals surface area contributed by atoms with Gasteiger partial charge in [0.15, 0.2) is 12.1 Å². The van der Waals surface area contributed by atoms with Gasteiger partial charge in [-0.15, -0.1) is 0 Å². The van der Waals surface area contributed by atoms with E-state index in [1.165, 1.54) is 5.01 Å². The number of aryl methyl sites for hydroxylation is 1. The summed E-state index contributed by atoms with van der Waals surface area (Å²) >= 11 is 5.83. The number of halogens is 1. The van der Waals surface area contributed by atoms with Gasteiger partial charge >= 0.3 is 0 Å². The Kier molecular flexibility index (Phi) is 5.02. The van der Waals surface area contributed by atoms with Gasteiger partial charge in [0.2, 0.25) is 5.91 Å². The Bertz CT molecular complexity index is 990. The van der Waals surface area contributed by atoms with E-state index in [0.717, 1.165) is 16.9 Å². The minimum Gasteiger partial charge on any atom is -0.324 e. The molecule has 2 aliphatic rings. The number of carbonyl (C=O) groups is 3. The molecular formula is C20H18ClN5O3. The summed E-state index contributed by atoms with van der Waals surface area (Å²) in [6.07, 6.45) is 0.859. The van der Waals surface area contributed by atoms with Crippen LogP contribution in [0.3, 0.4) is 0 Å². The fourth-order valence-electron chi connectivity index (χ4n) is 3.37. The third-order valence-corrected chi connectivity index (χ3v) is 5.15. The van der Waals surface area contributed by atoms with Crippen molar-refractivity contribution in [3.63, 3.8) is 0 Å². The van der Waals surface area contributed by atoms with Gasteiger partial charge in [0.25, 0.3) is 11.8 Å². The largest absolute Gasteiger partial charge is 0.324 e. The van der Waals surface area contributed by atoms with E-state index in [4.69, 9.17) is 11.6 Å². The number of rotatable bonds is 5. The average molecular weight is 412 g/mol. The zero-order valence-electron chi connectivity index (χ0n) is 15.6. The minimum atomic E-state index is -0.934. The van der Waals surface area contributed by atoms with E-state index in [1.54, 1.807) is 36.4 Å². The maximum absolute atomic E-state index is 12.9. The van der Waals surface area contributed by atoms with Crippen LogP contribution in [-0.4, -0.2) is 41.4 Å². The fraction of sp³-hybridized carbons (Fsp3) is 0.250. The topological polar surface area (TPSA) is 94.4 Å². The standard InChI is InChI=1S/C20H18ClN5O3/c1-2-12-3-9-15(10-4-12)26-19(28)17-18(20(26)29)25(24-23-17)11-16(27)22-14-7-5-13(21)6-8-14/h3-10,17-18H,2,11H2,1H3,(H,22,27). The molecule has 2 aromatic carbocycles. The van der Waals surface area contributed by atoms with E-state index in [-0.39, 0.29) is 12.5 Å². The Labute approximate surface area is 172 Å². The lowest BCUT2D eigenvalue weighted by Gasteiger charge is -2.20. The highest BCUT2D eigenvalue weighted by molar-refractivity contribution is 6.30. The van der Waals surface area contributed by atoms with Crippen LogP contribution >= 0.6 is 11.6 Å². The number of imide groups is 1. The highest BCUT2D eigenvalue weighted by atomic mass is 35.5. The van der Waals surface area contributed by atoms with Crippen molar-refractivity contribution < 1.29 is 14.4 Å². The Morgan fingerprint density at radius 2 is 1.76 bits per heavy atom. The lowest BCUT2D eigenvalue weighted by Crippen LogP contribution is -2.43. The van der Waals surface area contributed by atoms with Crippen molar-refractivity contribution in [2.24, 2.45) is 10.3 Å². The van der Waals surface area contributed by atoms with E-state index in [0.29, 0.717) is 16.4 Å². The third-order valence-electron chi connectivity index (χ3n) is 4.89. The SMILES string of the molecule is CCc1ccc(N2C(=O)C3N=NN(CC(=O)Nc4ccc(Cl)cc4)C3C2=O)cc1. The van der Waals surface area contributed by atoms with Crippen LogP contribution in [0.5, 0.6) is 0 Å². The molecule has 2 heterocycles. The molecule has 0 aliphatic carbocycles. The fourth-order valence-corrected chi connectivity index (χ4v) is 3.50. The van der Waals surface area contributed by atoms with Crippen LogP contribution in [0, 0.1) is 0 Å². The van der Waals surface area contributed by atoms with Gasteiger partial charge in [0, 0.05) is 10.7 Å². The lowest BCUT2D eigenvalue weighted by molar-refractivity contribution is -0.123. The van der Waals surface area contributed by atoms with Crippen molar-refractivity contribution >= 4 is 40.7 Å². The van der Waals surface area contributed by atoms with E-state index in [9.17, 15) is 14.4 Å². The molecule has 0 radical (unpaired) electrons. The van der Waals surface area contributed by atoms with Gasteiger partial charge < -0.3 is 5.32 Å². The normalized spacial score (nSPS) is 20.3. The number of fused-ring (bicyclic) bond motifs is 1. The molecule has 9 heteroatoms. The molecule has 0 saturated carbocycles. The van der Waals surface area contributed by atoms with Gasteiger partial charge in [-0.3, -0.25) is 19.4 Å². The quantitative estimate of drug-likeness (QED) is 0.765. The number of hydrogen-bond acceptors (Lipinski definition) is 6. The molecule has 8 nitrogen and oxygen atoms in total. The van der Waals surface area contributed by atoms with Gasteiger partial charge in [0.1, 0.15) is 6.54 Å². The van der Waals surface area contributed by atoms with E-state index >= 15 is 0 Å². The Hall–Kier alpha value is -3.26. The van der Waals surface area contributed by atoms with Gasteiger partial charge in [-0.2, -0.15) is 5.11 Å². The Morgan fingerprint density at radius 3 is 2.41 bits per heavy atom. The molecule has 4 rings (SSSR count). The van der Waals surface area contributed by atoms with Gasteiger partial charge in [-0.05, 0) is 48.4 Å².